The van der Waals surface area contributed by atoms with E-state index in [1.54, 1.807) is 0 Å². The molecule has 9 rings (SSSR count). The molecule has 196 valence electrons. The summed E-state index contributed by atoms with van der Waals surface area (Å²) >= 11 is 1.87. The minimum Gasteiger partial charge on any atom is -0.455 e. The van der Waals surface area contributed by atoms with Crippen LogP contribution in [0, 0.1) is 0 Å². The monoisotopic (exact) mass is 552 g/mol. The molecule has 0 spiro atoms. The van der Waals surface area contributed by atoms with Crippen molar-refractivity contribution >= 4 is 44.5 Å². The van der Waals surface area contributed by atoms with Gasteiger partial charge in [0.25, 0.3) is 0 Å². The van der Waals surface area contributed by atoms with Crippen LogP contribution in [0.2, 0.25) is 0 Å². The zero-order valence-electron chi connectivity index (χ0n) is 22.7. The van der Waals surface area contributed by atoms with Crippen molar-refractivity contribution in [1.82, 2.24) is 0 Å². The first-order chi connectivity index (χ1) is 20.8. The lowest BCUT2D eigenvalue weighted by molar-refractivity contribution is 0.670. The Kier molecular flexibility index (Phi) is 5.20. The van der Waals surface area contributed by atoms with E-state index in [4.69, 9.17) is 4.42 Å². The molecule has 0 radical (unpaired) electrons. The molecule has 0 fully saturated rings. The highest BCUT2D eigenvalue weighted by Gasteiger charge is 2.22. The maximum absolute atomic E-state index is 6.47. The van der Waals surface area contributed by atoms with E-state index in [0.29, 0.717) is 0 Å². The van der Waals surface area contributed by atoms with Crippen molar-refractivity contribution in [3.05, 3.63) is 146 Å². The molecule has 1 nitrogen and oxygen atoms in total. The van der Waals surface area contributed by atoms with Gasteiger partial charge in [-0.05, 0) is 62.5 Å². The fraction of sp³-hybridized carbons (Fsp3) is 0. The molecule has 0 bridgehead atoms. The summed E-state index contributed by atoms with van der Waals surface area (Å²) in [7, 11) is 0. The molecule has 1 aliphatic heterocycles. The van der Waals surface area contributed by atoms with E-state index in [1.807, 2.05) is 17.8 Å². The van der Waals surface area contributed by atoms with Crippen LogP contribution in [0.1, 0.15) is 0 Å². The van der Waals surface area contributed by atoms with Crippen LogP contribution < -0.4 is 0 Å². The molecule has 0 saturated heterocycles. The van der Waals surface area contributed by atoms with E-state index < -0.39 is 0 Å². The van der Waals surface area contributed by atoms with Gasteiger partial charge in [-0.2, -0.15) is 0 Å². The smallest absolute Gasteiger partial charge is 0.143 e. The van der Waals surface area contributed by atoms with Gasteiger partial charge in [0.2, 0.25) is 0 Å². The van der Waals surface area contributed by atoms with Gasteiger partial charge in [-0.15, -0.1) is 0 Å². The van der Waals surface area contributed by atoms with Gasteiger partial charge < -0.3 is 4.42 Å². The Balaban J connectivity index is 1.28. The predicted octanol–water partition coefficient (Wildman–Crippen LogP) is 11.9. The third-order valence-corrected chi connectivity index (χ3v) is 9.66. The number of hydrogen-bond acceptors (Lipinski definition) is 2. The minimum atomic E-state index is 0.918. The van der Waals surface area contributed by atoms with Crippen molar-refractivity contribution in [3.63, 3.8) is 0 Å². The number of para-hydroxylation sites is 2. The Bertz CT molecular complexity index is 2340. The lowest BCUT2D eigenvalue weighted by Gasteiger charge is -2.22. The van der Waals surface area contributed by atoms with Crippen LogP contribution in [0.4, 0.5) is 0 Å². The van der Waals surface area contributed by atoms with Crippen LogP contribution in [0.15, 0.2) is 160 Å². The number of benzene rings is 7. The van der Waals surface area contributed by atoms with E-state index in [2.05, 4.69) is 140 Å². The maximum Gasteiger partial charge on any atom is 0.143 e. The van der Waals surface area contributed by atoms with Crippen molar-refractivity contribution < 1.29 is 4.42 Å². The van der Waals surface area contributed by atoms with Crippen molar-refractivity contribution in [2.45, 2.75) is 9.79 Å². The zero-order chi connectivity index (χ0) is 27.6. The second kappa shape index (κ2) is 9.24. The molecule has 8 aromatic rings. The second-order valence-corrected chi connectivity index (χ2v) is 11.9. The Morgan fingerprint density at radius 2 is 0.881 bits per heavy atom. The molecular weight excluding hydrogens is 529 g/mol. The van der Waals surface area contributed by atoms with E-state index in [0.717, 1.165) is 27.5 Å². The lowest BCUT2D eigenvalue weighted by atomic mass is 9.86. The summed E-state index contributed by atoms with van der Waals surface area (Å²) in [6.07, 6.45) is 0. The van der Waals surface area contributed by atoms with Gasteiger partial charge in [0.15, 0.2) is 0 Å². The number of furan rings is 1. The Morgan fingerprint density at radius 1 is 0.333 bits per heavy atom. The lowest BCUT2D eigenvalue weighted by Crippen LogP contribution is -1.95. The van der Waals surface area contributed by atoms with Crippen LogP contribution >= 0.6 is 11.8 Å². The molecule has 0 atom stereocenters. The molecule has 2 heterocycles. The van der Waals surface area contributed by atoms with E-state index >= 15 is 0 Å². The zero-order valence-corrected chi connectivity index (χ0v) is 23.5. The molecule has 42 heavy (non-hydrogen) atoms. The van der Waals surface area contributed by atoms with E-state index in [-0.39, 0.29) is 0 Å². The molecule has 7 aromatic carbocycles. The van der Waals surface area contributed by atoms with Crippen molar-refractivity contribution in [3.8, 4) is 44.5 Å². The molecule has 0 aliphatic carbocycles. The van der Waals surface area contributed by atoms with Crippen LogP contribution in [0.5, 0.6) is 0 Å². The highest BCUT2D eigenvalue weighted by atomic mass is 32.2. The normalized spacial score (nSPS) is 12.2. The maximum atomic E-state index is 6.47. The van der Waals surface area contributed by atoms with Crippen molar-refractivity contribution in [1.29, 1.82) is 0 Å². The third-order valence-electron chi connectivity index (χ3n) is 8.53. The number of hydrogen-bond donors (Lipinski definition) is 0. The number of fused-ring (bicyclic) bond motifs is 5. The van der Waals surface area contributed by atoms with Gasteiger partial charge >= 0.3 is 0 Å². The summed E-state index contributed by atoms with van der Waals surface area (Å²) in [5.41, 5.74) is 11.6. The average Bonchev–Trinajstić information content (AvgIpc) is 3.44. The van der Waals surface area contributed by atoms with Crippen LogP contribution in [0.25, 0.3) is 77.2 Å². The Hall–Kier alpha value is -5.05. The molecular formula is C40H24OS. The summed E-state index contributed by atoms with van der Waals surface area (Å²) in [4.78, 5) is 2.64. The first-order valence-corrected chi connectivity index (χ1v) is 15.1. The first-order valence-electron chi connectivity index (χ1n) is 14.3. The predicted molar refractivity (Wildman–Crippen MR) is 177 cm³/mol. The van der Waals surface area contributed by atoms with Gasteiger partial charge in [-0.3, -0.25) is 0 Å². The second-order valence-electron chi connectivity index (χ2n) is 10.8. The molecule has 1 aliphatic rings. The van der Waals surface area contributed by atoms with Gasteiger partial charge in [0.1, 0.15) is 11.2 Å². The Morgan fingerprint density at radius 3 is 1.67 bits per heavy atom. The molecule has 0 saturated carbocycles. The summed E-state index contributed by atoms with van der Waals surface area (Å²) in [6.45, 7) is 0. The van der Waals surface area contributed by atoms with Crippen molar-refractivity contribution in [2.24, 2.45) is 0 Å². The summed E-state index contributed by atoms with van der Waals surface area (Å²) in [5, 5.41) is 4.92. The van der Waals surface area contributed by atoms with E-state index in [9.17, 15) is 0 Å². The van der Waals surface area contributed by atoms with Crippen LogP contribution in [0.3, 0.4) is 0 Å². The fourth-order valence-corrected chi connectivity index (χ4v) is 7.81. The molecule has 1 aromatic heterocycles. The van der Waals surface area contributed by atoms with Gasteiger partial charge in [-0.25, -0.2) is 0 Å². The topological polar surface area (TPSA) is 13.1 Å². The van der Waals surface area contributed by atoms with E-state index in [1.165, 1.54) is 59.5 Å². The summed E-state index contributed by atoms with van der Waals surface area (Å²) in [6, 6.07) is 52.4. The standard InChI is InChI=1S/C40H24OS/c1-2-13-27(29-23-24-38-39-32(29)17-9-18-33(39)31-16-6-8-22-37(31)42-38)25(11-1)26-12-3-4-14-28(26)34-19-10-20-35-30-15-5-7-21-36(30)41-40(34)35/h1-24H. The average molecular weight is 553 g/mol. The quantitative estimate of drug-likeness (QED) is 0.216. The highest BCUT2D eigenvalue weighted by molar-refractivity contribution is 7.99. The number of rotatable bonds is 3. The Labute approximate surface area is 248 Å². The van der Waals surface area contributed by atoms with Gasteiger partial charge in [0, 0.05) is 31.5 Å². The van der Waals surface area contributed by atoms with Crippen molar-refractivity contribution in [2.75, 3.05) is 0 Å². The first kappa shape index (κ1) is 23.6. The highest BCUT2D eigenvalue weighted by Crippen LogP contribution is 2.50. The third kappa shape index (κ3) is 3.46. The fourth-order valence-electron chi connectivity index (χ4n) is 6.68. The van der Waals surface area contributed by atoms with Gasteiger partial charge in [0.05, 0.1) is 0 Å². The molecule has 0 unspecified atom stereocenters. The molecule has 2 heteroatoms. The van der Waals surface area contributed by atoms with Crippen LogP contribution in [-0.4, -0.2) is 0 Å². The van der Waals surface area contributed by atoms with Gasteiger partial charge in [-0.1, -0.05) is 139 Å². The largest absolute Gasteiger partial charge is 0.455 e. The minimum absolute atomic E-state index is 0.918. The molecule has 0 N–H and O–H groups in total. The summed E-state index contributed by atoms with van der Waals surface area (Å²) < 4.78 is 6.47. The molecule has 0 amide bonds. The summed E-state index contributed by atoms with van der Waals surface area (Å²) in [5.74, 6) is 0. The SMILES string of the molecule is c1ccc2c(c1)Sc1ccc(-c3ccccc3-c3ccccc3-c3cccc4c3oc3ccccc34)c3cccc-2c13. The van der Waals surface area contributed by atoms with Crippen LogP contribution in [-0.2, 0) is 0 Å².